The molecule has 134 valence electrons. The minimum atomic E-state index is -0.0707. The van der Waals surface area contributed by atoms with Crippen LogP contribution in [0.3, 0.4) is 0 Å². The van der Waals surface area contributed by atoms with Crippen molar-refractivity contribution in [2.45, 2.75) is 26.7 Å². The summed E-state index contributed by atoms with van der Waals surface area (Å²) in [5.74, 6) is 2.20. The quantitative estimate of drug-likeness (QED) is 0.670. The number of carbonyl (C=O) groups excluding carboxylic acids is 1. The summed E-state index contributed by atoms with van der Waals surface area (Å²) in [6.45, 7) is 4.18. The van der Waals surface area contributed by atoms with E-state index < -0.39 is 0 Å². The van der Waals surface area contributed by atoms with Crippen molar-refractivity contribution >= 4 is 11.6 Å². The molecule has 1 N–H and O–H groups in total. The van der Waals surface area contributed by atoms with Crippen LogP contribution in [0.25, 0.3) is 11.3 Å². The van der Waals surface area contributed by atoms with Crippen molar-refractivity contribution in [1.29, 1.82) is 0 Å². The maximum Gasteiger partial charge on any atom is 0.224 e. The smallest absolute Gasteiger partial charge is 0.224 e. The third kappa shape index (κ3) is 4.14. The summed E-state index contributed by atoms with van der Waals surface area (Å²) in [6.07, 6.45) is 0.893. The van der Waals surface area contributed by atoms with Gasteiger partial charge in [-0.25, -0.2) is 0 Å². The maximum atomic E-state index is 12.2. The number of aryl methyl sites for hydroxylation is 3. The number of amides is 1. The van der Waals surface area contributed by atoms with Crippen LogP contribution < -0.4 is 10.1 Å². The number of furan rings is 1. The molecular formula is C22H23NO3. The number of rotatable bonds is 6. The number of benzene rings is 2. The molecule has 26 heavy (non-hydrogen) atoms. The number of hydrogen-bond acceptors (Lipinski definition) is 3. The first-order valence-electron chi connectivity index (χ1n) is 8.66. The molecule has 3 rings (SSSR count). The lowest BCUT2D eigenvalue weighted by Crippen LogP contribution is -2.12. The van der Waals surface area contributed by atoms with Gasteiger partial charge in [0.2, 0.25) is 5.91 Å². The molecule has 0 radical (unpaired) electrons. The van der Waals surface area contributed by atoms with Crippen LogP contribution in [0.15, 0.2) is 59.0 Å². The number of carbonyl (C=O) groups is 1. The molecule has 0 aliphatic carbocycles. The van der Waals surface area contributed by atoms with Crippen LogP contribution in [0.4, 0.5) is 5.69 Å². The third-order valence-corrected chi connectivity index (χ3v) is 4.43. The number of nitrogens with one attached hydrogen (secondary N) is 1. The molecule has 0 aliphatic rings. The lowest BCUT2D eigenvalue weighted by atomic mass is 10.1. The Morgan fingerprint density at radius 3 is 2.62 bits per heavy atom. The Balaban J connectivity index is 1.61. The normalized spacial score (nSPS) is 10.6. The molecule has 1 amide bonds. The highest BCUT2D eigenvalue weighted by Crippen LogP contribution is 2.26. The SMILES string of the molecule is COc1ccccc1NC(=O)CCc1ccc(-c2ccc(C)c(C)c2)o1. The van der Waals surface area contributed by atoms with E-state index in [1.165, 1.54) is 11.1 Å². The van der Waals surface area contributed by atoms with Crippen LogP contribution in [0.2, 0.25) is 0 Å². The Morgan fingerprint density at radius 1 is 1.04 bits per heavy atom. The zero-order valence-corrected chi connectivity index (χ0v) is 15.3. The van der Waals surface area contributed by atoms with Crippen molar-refractivity contribution in [3.05, 3.63) is 71.5 Å². The average molecular weight is 349 g/mol. The van der Waals surface area contributed by atoms with Gasteiger partial charge in [0.15, 0.2) is 0 Å². The fourth-order valence-electron chi connectivity index (χ4n) is 2.76. The molecule has 1 heterocycles. The first-order valence-corrected chi connectivity index (χ1v) is 8.66. The average Bonchev–Trinajstić information content (AvgIpc) is 3.12. The van der Waals surface area contributed by atoms with Gasteiger partial charge in [-0.2, -0.15) is 0 Å². The van der Waals surface area contributed by atoms with E-state index in [1.807, 2.05) is 36.4 Å². The third-order valence-electron chi connectivity index (χ3n) is 4.43. The highest BCUT2D eigenvalue weighted by Gasteiger charge is 2.10. The molecule has 0 saturated heterocycles. The van der Waals surface area contributed by atoms with Gasteiger partial charge in [-0.1, -0.05) is 24.3 Å². The molecule has 0 unspecified atom stereocenters. The van der Waals surface area contributed by atoms with Gasteiger partial charge in [0.1, 0.15) is 17.3 Å². The van der Waals surface area contributed by atoms with E-state index in [0.717, 1.165) is 17.1 Å². The van der Waals surface area contributed by atoms with E-state index in [9.17, 15) is 4.79 Å². The van der Waals surface area contributed by atoms with Crippen LogP contribution >= 0.6 is 0 Å². The van der Waals surface area contributed by atoms with Gasteiger partial charge in [-0.3, -0.25) is 4.79 Å². The minimum Gasteiger partial charge on any atom is -0.495 e. The Labute approximate surface area is 153 Å². The van der Waals surface area contributed by atoms with E-state index >= 15 is 0 Å². The second kappa shape index (κ2) is 7.91. The summed E-state index contributed by atoms with van der Waals surface area (Å²) < 4.78 is 11.2. The lowest BCUT2D eigenvalue weighted by molar-refractivity contribution is -0.116. The van der Waals surface area contributed by atoms with Crippen molar-refractivity contribution in [3.63, 3.8) is 0 Å². The second-order valence-corrected chi connectivity index (χ2v) is 6.31. The van der Waals surface area contributed by atoms with Crippen molar-refractivity contribution in [2.75, 3.05) is 12.4 Å². The molecule has 0 saturated carbocycles. The molecule has 4 heteroatoms. The summed E-state index contributed by atoms with van der Waals surface area (Å²) in [4.78, 5) is 12.2. The van der Waals surface area contributed by atoms with Gasteiger partial charge in [0.25, 0.3) is 0 Å². The number of hydrogen-bond donors (Lipinski definition) is 1. The fourth-order valence-corrected chi connectivity index (χ4v) is 2.76. The monoisotopic (exact) mass is 349 g/mol. The van der Waals surface area contributed by atoms with Gasteiger partial charge < -0.3 is 14.5 Å². The number of methoxy groups -OCH3 is 1. The summed E-state index contributed by atoms with van der Waals surface area (Å²) in [7, 11) is 1.59. The Bertz CT molecular complexity index is 911. The lowest BCUT2D eigenvalue weighted by Gasteiger charge is -2.09. The Kier molecular flexibility index (Phi) is 5.42. The van der Waals surface area contributed by atoms with E-state index in [4.69, 9.17) is 9.15 Å². The zero-order chi connectivity index (χ0) is 18.5. The van der Waals surface area contributed by atoms with Gasteiger partial charge in [0, 0.05) is 18.4 Å². The molecule has 0 bridgehead atoms. The minimum absolute atomic E-state index is 0.0707. The van der Waals surface area contributed by atoms with Crippen molar-refractivity contribution in [1.82, 2.24) is 0 Å². The van der Waals surface area contributed by atoms with Crippen LogP contribution in [-0.2, 0) is 11.2 Å². The van der Waals surface area contributed by atoms with Gasteiger partial charge in [-0.15, -0.1) is 0 Å². The molecule has 4 nitrogen and oxygen atoms in total. The first kappa shape index (κ1) is 17.8. The topological polar surface area (TPSA) is 51.5 Å². The highest BCUT2D eigenvalue weighted by atomic mass is 16.5. The number of anilines is 1. The predicted molar refractivity (Wildman–Crippen MR) is 104 cm³/mol. The van der Waals surface area contributed by atoms with E-state index in [1.54, 1.807) is 7.11 Å². The molecule has 2 aromatic carbocycles. The van der Waals surface area contributed by atoms with Crippen molar-refractivity contribution in [3.8, 4) is 17.1 Å². The molecule has 3 aromatic rings. The summed E-state index contributed by atoms with van der Waals surface area (Å²) in [5, 5.41) is 2.88. The van der Waals surface area contributed by atoms with Crippen molar-refractivity contribution in [2.24, 2.45) is 0 Å². The second-order valence-electron chi connectivity index (χ2n) is 6.31. The summed E-state index contributed by atoms with van der Waals surface area (Å²) in [6, 6.07) is 17.5. The van der Waals surface area contributed by atoms with E-state index in [0.29, 0.717) is 24.3 Å². The van der Waals surface area contributed by atoms with Crippen molar-refractivity contribution < 1.29 is 13.9 Å². The molecule has 0 spiro atoms. The van der Waals surface area contributed by atoms with E-state index in [-0.39, 0.29) is 5.91 Å². The van der Waals surface area contributed by atoms with Crippen LogP contribution in [0.1, 0.15) is 23.3 Å². The zero-order valence-electron chi connectivity index (χ0n) is 15.3. The van der Waals surface area contributed by atoms with Gasteiger partial charge in [-0.05, 0) is 55.3 Å². The first-order chi connectivity index (χ1) is 12.6. The number of para-hydroxylation sites is 2. The maximum absolute atomic E-state index is 12.2. The predicted octanol–water partition coefficient (Wildman–Crippen LogP) is 5.14. The summed E-state index contributed by atoms with van der Waals surface area (Å²) >= 11 is 0. The fraction of sp³-hybridized carbons (Fsp3) is 0.227. The molecule has 0 fully saturated rings. The Hall–Kier alpha value is -3.01. The molecule has 1 aromatic heterocycles. The largest absolute Gasteiger partial charge is 0.495 e. The Morgan fingerprint density at radius 2 is 1.85 bits per heavy atom. The summed E-state index contributed by atoms with van der Waals surface area (Å²) in [5.41, 5.74) is 4.22. The van der Waals surface area contributed by atoms with Gasteiger partial charge in [0.05, 0.1) is 12.8 Å². The van der Waals surface area contributed by atoms with Gasteiger partial charge >= 0.3 is 0 Å². The van der Waals surface area contributed by atoms with Crippen LogP contribution in [0, 0.1) is 13.8 Å². The molecular weight excluding hydrogens is 326 g/mol. The van der Waals surface area contributed by atoms with E-state index in [2.05, 4.69) is 37.4 Å². The standard InChI is InChI=1S/C22H23NO3/c1-15-8-9-17(14-16(15)2)20-12-10-18(26-20)11-13-22(24)23-19-6-4-5-7-21(19)25-3/h4-10,12,14H,11,13H2,1-3H3,(H,23,24). The van der Waals surface area contributed by atoms with Crippen LogP contribution in [0.5, 0.6) is 5.75 Å². The number of ether oxygens (including phenoxy) is 1. The molecule has 0 aliphatic heterocycles. The highest BCUT2D eigenvalue weighted by molar-refractivity contribution is 5.92. The molecule has 0 atom stereocenters. The van der Waals surface area contributed by atoms with Crippen LogP contribution in [-0.4, -0.2) is 13.0 Å².